The minimum absolute atomic E-state index is 0.0296. The molecule has 1 aliphatic heterocycles. The Hall–Kier alpha value is -2.96. The van der Waals surface area contributed by atoms with Crippen molar-refractivity contribution < 1.29 is 4.79 Å². The number of carbonyl (C=O) groups excluding carboxylic acids is 1. The molecule has 0 atom stereocenters. The number of piperazine rings is 1. The summed E-state index contributed by atoms with van der Waals surface area (Å²) in [6.45, 7) is 6.63. The summed E-state index contributed by atoms with van der Waals surface area (Å²) in [5.74, 6) is 0.0296. The van der Waals surface area contributed by atoms with E-state index in [4.69, 9.17) is 0 Å². The molecular weight excluding hydrogens is 386 g/mol. The number of nitrogens with zero attached hydrogens (tertiary/aromatic N) is 5. The topological polar surface area (TPSA) is 44.6 Å². The molecule has 3 aromatic rings. The molecule has 0 unspecified atom stereocenters. The van der Waals surface area contributed by atoms with Crippen LogP contribution in [0, 0.1) is 0 Å². The molecule has 6 nitrogen and oxygen atoms in total. The van der Waals surface area contributed by atoms with Crippen LogP contribution < -0.4 is 0 Å². The van der Waals surface area contributed by atoms with E-state index in [0.717, 1.165) is 50.4 Å². The van der Waals surface area contributed by atoms with Crippen molar-refractivity contribution in [2.45, 2.75) is 19.6 Å². The van der Waals surface area contributed by atoms with E-state index in [0.29, 0.717) is 6.54 Å². The number of benzene rings is 2. The fourth-order valence-electron chi connectivity index (χ4n) is 3.93. The lowest BCUT2D eigenvalue weighted by molar-refractivity contribution is 0.0785. The van der Waals surface area contributed by atoms with E-state index in [1.54, 1.807) is 4.90 Å². The standard InChI is InChI=1S/C25H31N5O/c1-27-12-14-29(15-13-27)18-22-8-10-24(11-9-22)25(31)28(2)17-23-16-26-30(20-23)19-21-6-4-3-5-7-21/h3-11,16,20H,12-15,17-19H2,1-2H3. The van der Waals surface area contributed by atoms with E-state index in [2.05, 4.69) is 46.2 Å². The summed E-state index contributed by atoms with van der Waals surface area (Å²) >= 11 is 0. The fourth-order valence-corrected chi connectivity index (χ4v) is 3.93. The maximum Gasteiger partial charge on any atom is 0.253 e. The van der Waals surface area contributed by atoms with Crippen molar-refractivity contribution in [2.24, 2.45) is 0 Å². The zero-order valence-corrected chi connectivity index (χ0v) is 18.4. The third-order valence-electron chi connectivity index (χ3n) is 5.84. The molecule has 2 heterocycles. The van der Waals surface area contributed by atoms with Crippen LogP contribution in [0.4, 0.5) is 0 Å². The Morgan fingerprint density at radius 3 is 2.29 bits per heavy atom. The van der Waals surface area contributed by atoms with Gasteiger partial charge in [-0.2, -0.15) is 5.10 Å². The number of hydrogen-bond acceptors (Lipinski definition) is 4. The number of carbonyl (C=O) groups is 1. The predicted molar refractivity (Wildman–Crippen MR) is 123 cm³/mol. The van der Waals surface area contributed by atoms with E-state index >= 15 is 0 Å². The van der Waals surface area contributed by atoms with Crippen molar-refractivity contribution in [1.82, 2.24) is 24.5 Å². The Labute approximate surface area is 184 Å². The van der Waals surface area contributed by atoms with Gasteiger partial charge in [-0.05, 0) is 30.3 Å². The van der Waals surface area contributed by atoms with Crippen LogP contribution in [0.3, 0.4) is 0 Å². The van der Waals surface area contributed by atoms with Gasteiger partial charge in [0.2, 0.25) is 0 Å². The molecule has 0 spiro atoms. The van der Waals surface area contributed by atoms with Gasteiger partial charge in [-0.25, -0.2) is 0 Å². The SMILES string of the molecule is CN1CCN(Cc2ccc(C(=O)N(C)Cc3cnn(Cc4ccccc4)c3)cc2)CC1. The lowest BCUT2D eigenvalue weighted by Gasteiger charge is -2.32. The number of hydrogen-bond donors (Lipinski definition) is 0. The molecule has 31 heavy (non-hydrogen) atoms. The van der Waals surface area contributed by atoms with Gasteiger partial charge in [0.05, 0.1) is 12.7 Å². The largest absolute Gasteiger partial charge is 0.337 e. The van der Waals surface area contributed by atoms with Crippen LogP contribution in [0.25, 0.3) is 0 Å². The van der Waals surface area contributed by atoms with Gasteiger partial charge in [-0.3, -0.25) is 14.4 Å². The summed E-state index contributed by atoms with van der Waals surface area (Å²) in [4.78, 5) is 19.4. The van der Waals surface area contributed by atoms with Gasteiger partial charge >= 0.3 is 0 Å². The van der Waals surface area contributed by atoms with Gasteiger partial charge in [0.15, 0.2) is 0 Å². The molecule has 2 aromatic carbocycles. The highest BCUT2D eigenvalue weighted by Gasteiger charge is 2.16. The van der Waals surface area contributed by atoms with Gasteiger partial charge in [-0.1, -0.05) is 42.5 Å². The first-order valence-electron chi connectivity index (χ1n) is 10.9. The zero-order chi connectivity index (χ0) is 21.6. The average molecular weight is 418 g/mol. The van der Waals surface area contributed by atoms with Crippen LogP contribution in [0.2, 0.25) is 0 Å². The third-order valence-corrected chi connectivity index (χ3v) is 5.84. The summed E-state index contributed by atoms with van der Waals surface area (Å²) in [6.07, 6.45) is 3.85. The van der Waals surface area contributed by atoms with E-state index in [1.807, 2.05) is 54.5 Å². The summed E-state index contributed by atoms with van der Waals surface area (Å²) in [5, 5.41) is 4.44. The second-order valence-electron chi connectivity index (χ2n) is 8.47. The Balaban J connectivity index is 1.31. The quantitative estimate of drug-likeness (QED) is 0.593. The van der Waals surface area contributed by atoms with E-state index in [-0.39, 0.29) is 5.91 Å². The second kappa shape index (κ2) is 9.90. The second-order valence-corrected chi connectivity index (χ2v) is 8.47. The molecule has 1 fully saturated rings. The molecule has 162 valence electrons. The third kappa shape index (κ3) is 5.81. The van der Waals surface area contributed by atoms with Crippen LogP contribution in [0.1, 0.15) is 27.0 Å². The van der Waals surface area contributed by atoms with Gasteiger partial charge in [0, 0.05) is 63.6 Å². The van der Waals surface area contributed by atoms with Crippen molar-refractivity contribution in [1.29, 1.82) is 0 Å². The Bertz CT molecular complexity index is 975. The summed E-state index contributed by atoms with van der Waals surface area (Å²) in [5.41, 5.74) is 4.21. The maximum absolute atomic E-state index is 12.9. The molecule has 0 N–H and O–H groups in total. The molecule has 1 amide bonds. The van der Waals surface area contributed by atoms with Crippen molar-refractivity contribution in [2.75, 3.05) is 40.3 Å². The first-order chi connectivity index (χ1) is 15.1. The minimum atomic E-state index is 0.0296. The summed E-state index contributed by atoms with van der Waals surface area (Å²) in [6, 6.07) is 18.3. The molecule has 6 heteroatoms. The first-order valence-corrected chi connectivity index (χ1v) is 10.9. The molecule has 0 aliphatic carbocycles. The molecular formula is C25H31N5O. The number of likely N-dealkylation sites (N-methyl/N-ethyl adjacent to an activating group) is 1. The van der Waals surface area contributed by atoms with Crippen molar-refractivity contribution in [3.63, 3.8) is 0 Å². The van der Waals surface area contributed by atoms with Crippen molar-refractivity contribution in [3.8, 4) is 0 Å². The Morgan fingerprint density at radius 1 is 0.903 bits per heavy atom. The normalized spacial score (nSPS) is 15.2. The van der Waals surface area contributed by atoms with Gasteiger partial charge in [-0.15, -0.1) is 0 Å². The average Bonchev–Trinajstić information content (AvgIpc) is 3.22. The zero-order valence-electron chi connectivity index (χ0n) is 18.4. The Kier molecular flexibility index (Phi) is 6.79. The summed E-state index contributed by atoms with van der Waals surface area (Å²) in [7, 11) is 4.01. The van der Waals surface area contributed by atoms with Crippen LogP contribution in [-0.4, -0.2) is 70.7 Å². The molecule has 0 saturated carbocycles. The molecule has 1 aliphatic rings. The van der Waals surface area contributed by atoms with Crippen LogP contribution >= 0.6 is 0 Å². The fraction of sp³-hybridized carbons (Fsp3) is 0.360. The molecule has 4 rings (SSSR count). The molecule has 0 radical (unpaired) electrons. The van der Waals surface area contributed by atoms with E-state index in [1.165, 1.54) is 11.1 Å². The number of amides is 1. The van der Waals surface area contributed by atoms with E-state index < -0.39 is 0 Å². The molecule has 0 bridgehead atoms. The van der Waals surface area contributed by atoms with Crippen LogP contribution in [0.5, 0.6) is 0 Å². The van der Waals surface area contributed by atoms with Crippen molar-refractivity contribution >= 4 is 5.91 Å². The molecule has 1 aromatic heterocycles. The Morgan fingerprint density at radius 2 is 1.58 bits per heavy atom. The van der Waals surface area contributed by atoms with E-state index in [9.17, 15) is 4.79 Å². The maximum atomic E-state index is 12.9. The van der Waals surface area contributed by atoms with Crippen molar-refractivity contribution in [3.05, 3.63) is 89.2 Å². The van der Waals surface area contributed by atoms with Gasteiger partial charge in [0.1, 0.15) is 0 Å². The molecule has 1 saturated heterocycles. The highest BCUT2D eigenvalue weighted by Crippen LogP contribution is 2.13. The smallest absolute Gasteiger partial charge is 0.253 e. The monoisotopic (exact) mass is 417 g/mol. The summed E-state index contributed by atoms with van der Waals surface area (Å²) < 4.78 is 1.91. The highest BCUT2D eigenvalue weighted by molar-refractivity contribution is 5.94. The highest BCUT2D eigenvalue weighted by atomic mass is 16.2. The van der Waals surface area contributed by atoms with Crippen LogP contribution in [0.15, 0.2) is 67.0 Å². The number of aromatic nitrogens is 2. The van der Waals surface area contributed by atoms with Crippen LogP contribution in [-0.2, 0) is 19.6 Å². The van der Waals surface area contributed by atoms with Gasteiger partial charge < -0.3 is 9.80 Å². The predicted octanol–water partition coefficient (Wildman–Crippen LogP) is 2.95. The number of rotatable bonds is 7. The van der Waals surface area contributed by atoms with Gasteiger partial charge in [0.25, 0.3) is 5.91 Å². The lowest BCUT2D eigenvalue weighted by atomic mass is 10.1. The lowest BCUT2D eigenvalue weighted by Crippen LogP contribution is -2.43. The first kappa shape index (κ1) is 21.3. The minimum Gasteiger partial charge on any atom is -0.337 e.